The minimum atomic E-state index is 0.806. The summed E-state index contributed by atoms with van der Waals surface area (Å²) in [5, 5.41) is 0. The Balaban J connectivity index is 2.88. The Labute approximate surface area is 63.2 Å². The van der Waals surface area contributed by atoms with Gasteiger partial charge < -0.3 is 0 Å². The summed E-state index contributed by atoms with van der Waals surface area (Å²) in [4.78, 5) is 4.03. The maximum atomic E-state index is 4.03. The van der Waals surface area contributed by atoms with Crippen LogP contribution in [0, 0.1) is 6.92 Å². The van der Waals surface area contributed by atoms with E-state index in [0.29, 0.717) is 0 Å². The van der Waals surface area contributed by atoms with Gasteiger partial charge in [-0.3, -0.25) is 0 Å². The third kappa shape index (κ3) is 1.79. The molecule has 0 N–H and O–H groups in total. The van der Waals surface area contributed by atoms with Crippen LogP contribution in [0.1, 0.15) is 5.56 Å². The highest BCUT2D eigenvalue weighted by Crippen LogP contribution is 2.05. The van der Waals surface area contributed by atoms with Gasteiger partial charge in [-0.25, -0.2) is 4.98 Å². The summed E-state index contributed by atoms with van der Waals surface area (Å²) in [5.74, 6) is 0. The first-order valence-electron chi connectivity index (χ1n) is 2.72. The maximum absolute atomic E-state index is 4.03. The standard InChI is InChI=1S/C7H7BrN/c1-2-6-3-4-7(8)9-5-6/h3-5H,1-2H2. The lowest BCUT2D eigenvalue weighted by Gasteiger charge is -1.92. The molecule has 0 bridgehead atoms. The molecule has 0 unspecified atom stereocenters. The second-order valence-electron chi connectivity index (χ2n) is 1.74. The quantitative estimate of drug-likeness (QED) is 0.611. The molecule has 0 aliphatic rings. The highest BCUT2D eigenvalue weighted by molar-refractivity contribution is 9.10. The Morgan fingerprint density at radius 1 is 1.56 bits per heavy atom. The zero-order valence-electron chi connectivity index (χ0n) is 4.97. The SMILES string of the molecule is [CH2]Cc1ccc(Br)nc1. The fraction of sp³-hybridized carbons (Fsp3) is 0.143. The van der Waals surface area contributed by atoms with Crippen LogP contribution in [-0.4, -0.2) is 4.98 Å². The van der Waals surface area contributed by atoms with Gasteiger partial charge in [-0.15, -0.1) is 0 Å². The van der Waals surface area contributed by atoms with Crippen molar-refractivity contribution < 1.29 is 0 Å². The molecular weight excluding hydrogens is 178 g/mol. The Morgan fingerprint density at radius 2 is 2.33 bits per heavy atom. The van der Waals surface area contributed by atoms with Crippen molar-refractivity contribution in [1.29, 1.82) is 0 Å². The molecule has 1 nitrogen and oxygen atoms in total. The van der Waals surface area contributed by atoms with E-state index in [4.69, 9.17) is 0 Å². The molecule has 1 rings (SSSR count). The first kappa shape index (κ1) is 6.75. The van der Waals surface area contributed by atoms with Crippen LogP contribution in [0.25, 0.3) is 0 Å². The van der Waals surface area contributed by atoms with Crippen molar-refractivity contribution in [2.75, 3.05) is 0 Å². The average Bonchev–Trinajstić information content (AvgIpc) is 1.90. The van der Waals surface area contributed by atoms with Crippen molar-refractivity contribution in [2.24, 2.45) is 0 Å². The lowest BCUT2D eigenvalue weighted by Crippen LogP contribution is -1.80. The molecule has 0 spiro atoms. The summed E-state index contributed by atoms with van der Waals surface area (Å²) in [6.07, 6.45) is 2.62. The largest absolute Gasteiger partial charge is 0.249 e. The Morgan fingerprint density at radius 3 is 2.78 bits per heavy atom. The van der Waals surface area contributed by atoms with E-state index in [1.54, 1.807) is 0 Å². The summed E-state index contributed by atoms with van der Waals surface area (Å²) in [5.41, 5.74) is 1.16. The topological polar surface area (TPSA) is 12.9 Å². The number of hydrogen-bond donors (Lipinski definition) is 0. The Bertz CT molecular complexity index is 181. The summed E-state index contributed by atoms with van der Waals surface area (Å²) in [6.45, 7) is 3.73. The van der Waals surface area contributed by atoms with E-state index in [2.05, 4.69) is 27.8 Å². The Kier molecular flexibility index (Phi) is 2.22. The van der Waals surface area contributed by atoms with Gasteiger partial charge >= 0.3 is 0 Å². The van der Waals surface area contributed by atoms with E-state index < -0.39 is 0 Å². The van der Waals surface area contributed by atoms with E-state index in [1.807, 2.05) is 18.3 Å². The lowest BCUT2D eigenvalue weighted by molar-refractivity contribution is 1.17. The van der Waals surface area contributed by atoms with Gasteiger partial charge in [-0.05, 0) is 40.9 Å². The predicted molar refractivity (Wildman–Crippen MR) is 41.0 cm³/mol. The van der Waals surface area contributed by atoms with E-state index in [-0.39, 0.29) is 0 Å². The molecule has 2 heteroatoms. The highest BCUT2D eigenvalue weighted by atomic mass is 79.9. The summed E-state index contributed by atoms with van der Waals surface area (Å²) >= 11 is 3.24. The zero-order valence-corrected chi connectivity index (χ0v) is 6.56. The second-order valence-corrected chi connectivity index (χ2v) is 2.55. The van der Waals surface area contributed by atoms with Crippen LogP contribution in [0.2, 0.25) is 0 Å². The molecule has 0 aliphatic carbocycles. The first-order valence-corrected chi connectivity index (χ1v) is 3.52. The van der Waals surface area contributed by atoms with Gasteiger partial charge in [0.25, 0.3) is 0 Å². The van der Waals surface area contributed by atoms with E-state index in [0.717, 1.165) is 11.0 Å². The van der Waals surface area contributed by atoms with Crippen molar-refractivity contribution in [3.8, 4) is 0 Å². The third-order valence-electron chi connectivity index (χ3n) is 1.08. The van der Waals surface area contributed by atoms with Crippen LogP contribution < -0.4 is 0 Å². The second kappa shape index (κ2) is 2.97. The van der Waals surface area contributed by atoms with Gasteiger partial charge in [0.2, 0.25) is 0 Å². The van der Waals surface area contributed by atoms with Gasteiger partial charge in [-0.1, -0.05) is 6.07 Å². The van der Waals surface area contributed by atoms with Crippen LogP contribution in [0.4, 0.5) is 0 Å². The van der Waals surface area contributed by atoms with Gasteiger partial charge in [0.05, 0.1) is 0 Å². The van der Waals surface area contributed by atoms with E-state index >= 15 is 0 Å². The zero-order chi connectivity index (χ0) is 6.69. The molecule has 0 saturated heterocycles. The molecular formula is C7H7BrN. The predicted octanol–water partition coefficient (Wildman–Crippen LogP) is 2.22. The summed E-state index contributed by atoms with van der Waals surface area (Å²) in [6, 6.07) is 3.92. The first-order chi connectivity index (χ1) is 4.33. The van der Waals surface area contributed by atoms with E-state index in [9.17, 15) is 0 Å². The molecule has 47 valence electrons. The van der Waals surface area contributed by atoms with Gasteiger partial charge in [0.15, 0.2) is 0 Å². The monoisotopic (exact) mass is 184 g/mol. The lowest BCUT2D eigenvalue weighted by atomic mass is 10.2. The van der Waals surface area contributed by atoms with Gasteiger partial charge in [-0.2, -0.15) is 0 Å². The smallest absolute Gasteiger partial charge is 0.106 e. The number of pyridine rings is 1. The highest BCUT2D eigenvalue weighted by Gasteiger charge is 1.87. The molecule has 1 aromatic heterocycles. The van der Waals surface area contributed by atoms with Crippen molar-refractivity contribution in [1.82, 2.24) is 4.98 Å². The van der Waals surface area contributed by atoms with Crippen molar-refractivity contribution in [3.63, 3.8) is 0 Å². The van der Waals surface area contributed by atoms with Crippen LogP contribution in [0.15, 0.2) is 22.9 Å². The number of nitrogens with zero attached hydrogens (tertiary/aromatic N) is 1. The number of aromatic nitrogens is 1. The number of hydrogen-bond acceptors (Lipinski definition) is 1. The van der Waals surface area contributed by atoms with Crippen LogP contribution in [0.5, 0.6) is 0 Å². The normalized spacial score (nSPS) is 9.56. The molecule has 0 aliphatic heterocycles. The fourth-order valence-corrected chi connectivity index (χ4v) is 0.789. The molecule has 0 fully saturated rings. The van der Waals surface area contributed by atoms with E-state index in [1.165, 1.54) is 5.56 Å². The summed E-state index contributed by atoms with van der Waals surface area (Å²) < 4.78 is 0.875. The minimum absolute atomic E-state index is 0.806. The van der Waals surface area contributed by atoms with Crippen LogP contribution in [0.3, 0.4) is 0 Å². The fourth-order valence-electron chi connectivity index (χ4n) is 0.554. The van der Waals surface area contributed by atoms with Crippen molar-refractivity contribution >= 4 is 15.9 Å². The third-order valence-corrected chi connectivity index (χ3v) is 1.55. The summed E-state index contributed by atoms with van der Waals surface area (Å²) in [7, 11) is 0. The molecule has 0 saturated carbocycles. The molecule has 9 heavy (non-hydrogen) atoms. The number of rotatable bonds is 1. The molecule has 0 atom stereocenters. The molecule has 1 aromatic rings. The maximum Gasteiger partial charge on any atom is 0.106 e. The van der Waals surface area contributed by atoms with Crippen molar-refractivity contribution in [3.05, 3.63) is 35.4 Å². The Hall–Kier alpha value is -0.370. The molecule has 0 amide bonds. The number of halogens is 1. The average molecular weight is 185 g/mol. The molecule has 0 aromatic carbocycles. The molecule has 1 heterocycles. The van der Waals surface area contributed by atoms with Crippen LogP contribution >= 0.6 is 15.9 Å². The minimum Gasteiger partial charge on any atom is -0.249 e. The molecule has 1 radical (unpaired) electrons. The van der Waals surface area contributed by atoms with Gasteiger partial charge in [0.1, 0.15) is 4.60 Å². The van der Waals surface area contributed by atoms with Gasteiger partial charge in [0, 0.05) is 6.20 Å². The van der Waals surface area contributed by atoms with Crippen molar-refractivity contribution in [2.45, 2.75) is 6.42 Å². The van der Waals surface area contributed by atoms with Crippen LogP contribution in [-0.2, 0) is 6.42 Å².